The fraction of sp³-hybridized carbons (Fsp3) is 0.435. The molecule has 0 bridgehead atoms. The van der Waals surface area contributed by atoms with Crippen LogP contribution < -0.4 is 4.90 Å². The van der Waals surface area contributed by atoms with E-state index in [0.29, 0.717) is 5.84 Å². The Balaban J connectivity index is 0.000000989. The molecule has 0 radical (unpaired) electrons. The van der Waals surface area contributed by atoms with Crippen LogP contribution in [-0.2, 0) is 9.84 Å². The Morgan fingerprint density at radius 3 is 1.90 bits per heavy atom. The molecule has 6 heteroatoms. The lowest BCUT2D eigenvalue weighted by molar-refractivity contribution is 0.0583. The molecule has 2 unspecified atom stereocenters. The van der Waals surface area contributed by atoms with E-state index >= 15 is 0 Å². The van der Waals surface area contributed by atoms with Gasteiger partial charge in [-0.15, -0.1) is 0 Å². The molecule has 1 aliphatic heterocycles. The summed E-state index contributed by atoms with van der Waals surface area (Å²) >= 11 is 0. The third-order valence-electron chi connectivity index (χ3n) is 4.59. The van der Waals surface area contributed by atoms with Gasteiger partial charge in [-0.25, -0.2) is 13.4 Å². The number of sulfone groups is 1. The molecule has 5 nitrogen and oxygen atoms in total. The number of benzene rings is 2. The first-order chi connectivity index (χ1) is 13.6. The van der Waals surface area contributed by atoms with Gasteiger partial charge in [-0.3, -0.25) is 0 Å². The Hall–Kier alpha value is -2.18. The second-order valence-corrected chi connectivity index (χ2v) is 8.72. The zero-order valence-electron chi connectivity index (χ0n) is 18.8. The largest absolute Gasteiger partial charge is 0.368 e. The molecule has 0 saturated heterocycles. The molecule has 0 amide bonds. The number of hydrogen-bond donors (Lipinski definition) is 1. The molecule has 3 rings (SSSR count). The monoisotopic (exact) mass is 418 g/mol. The predicted molar refractivity (Wildman–Crippen MR) is 123 cm³/mol. The Bertz CT molecular complexity index is 916. The maximum absolute atomic E-state index is 11.7. The fourth-order valence-corrected chi connectivity index (χ4v) is 3.53. The summed E-state index contributed by atoms with van der Waals surface area (Å²) in [7, 11) is -3.25. The van der Waals surface area contributed by atoms with Crippen LogP contribution in [-0.4, -0.2) is 37.4 Å². The van der Waals surface area contributed by atoms with Gasteiger partial charge in [-0.05, 0) is 45.0 Å². The molecule has 1 aliphatic rings. The van der Waals surface area contributed by atoms with Gasteiger partial charge in [0, 0.05) is 17.5 Å². The normalized spacial score (nSPS) is 20.8. The van der Waals surface area contributed by atoms with Gasteiger partial charge in [0.15, 0.2) is 15.6 Å². The lowest BCUT2D eigenvalue weighted by Gasteiger charge is -2.30. The van der Waals surface area contributed by atoms with Crippen molar-refractivity contribution in [3.63, 3.8) is 0 Å². The molecule has 2 atom stereocenters. The summed E-state index contributed by atoms with van der Waals surface area (Å²) in [6, 6.07) is 14.3. The van der Waals surface area contributed by atoms with Gasteiger partial charge in [0.05, 0.1) is 10.9 Å². The van der Waals surface area contributed by atoms with Gasteiger partial charge >= 0.3 is 0 Å². The highest BCUT2D eigenvalue weighted by Gasteiger charge is 2.42. The summed E-state index contributed by atoms with van der Waals surface area (Å²) in [6.07, 6.45) is 1.18. The Morgan fingerprint density at radius 1 is 0.966 bits per heavy atom. The van der Waals surface area contributed by atoms with Crippen LogP contribution in [0.25, 0.3) is 0 Å². The highest BCUT2D eigenvalue weighted by Crippen LogP contribution is 2.33. The zero-order chi connectivity index (χ0) is 22.4. The van der Waals surface area contributed by atoms with Crippen LogP contribution in [0.5, 0.6) is 0 Å². The SMILES string of the molecule is CC.CC.Cc1ccc(C2=NC(C)(O)C(C)N2c2ccc(S(C)(=O)=O)cc2)cc1. The van der Waals surface area contributed by atoms with Gasteiger partial charge < -0.3 is 10.0 Å². The first-order valence-corrected chi connectivity index (χ1v) is 12.0. The van der Waals surface area contributed by atoms with E-state index in [-0.39, 0.29) is 10.9 Å². The molecule has 2 aromatic carbocycles. The second-order valence-electron chi connectivity index (χ2n) is 6.71. The van der Waals surface area contributed by atoms with Crippen LogP contribution in [0.15, 0.2) is 58.4 Å². The quantitative estimate of drug-likeness (QED) is 0.776. The van der Waals surface area contributed by atoms with Crippen molar-refractivity contribution in [3.05, 3.63) is 59.7 Å². The topological polar surface area (TPSA) is 70.0 Å². The van der Waals surface area contributed by atoms with Crippen LogP contribution in [0.1, 0.15) is 52.7 Å². The first kappa shape index (κ1) is 24.9. The number of aliphatic imine (C=N–C) groups is 1. The van der Waals surface area contributed by atoms with Crippen molar-refractivity contribution in [2.24, 2.45) is 4.99 Å². The van der Waals surface area contributed by atoms with E-state index in [1.54, 1.807) is 31.2 Å². The number of anilines is 1. The Labute approximate surface area is 176 Å². The average Bonchev–Trinajstić information content (AvgIpc) is 2.94. The summed E-state index contributed by atoms with van der Waals surface area (Å²) in [6.45, 7) is 13.6. The van der Waals surface area contributed by atoms with Gasteiger partial charge in [0.25, 0.3) is 0 Å². The van der Waals surface area contributed by atoms with Crippen LogP contribution in [0.2, 0.25) is 0 Å². The smallest absolute Gasteiger partial charge is 0.176 e. The Morgan fingerprint density at radius 2 is 1.45 bits per heavy atom. The van der Waals surface area contributed by atoms with E-state index in [0.717, 1.165) is 16.8 Å². The minimum Gasteiger partial charge on any atom is -0.368 e. The van der Waals surface area contributed by atoms with Gasteiger partial charge in [0.1, 0.15) is 5.84 Å². The van der Waals surface area contributed by atoms with Crippen molar-refractivity contribution in [2.75, 3.05) is 11.2 Å². The average molecular weight is 419 g/mol. The van der Waals surface area contributed by atoms with Crippen molar-refractivity contribution in [1.82, 2.24) is 0 Å². The van der Waals surface area contributed by atoms with Crippen LogP contribution in [0, 0.1) is 6.92 Å². The molecule has 0 saturated carbocycles. The number of aliphatic hydroxyl groups is 1. The molecular formula is C23H34N2O3S. The molecule has 1 N–H and O–H groups in total. The van der Waals surface area contributed by atoms with Crippen molar-refractivity contribution < 1.29 is 13.5 Å². The number of amidine groups is 1. The van der Waals surface area contributed by atoms with E-state index < -0.39 is 15.6 Å². The summed E-state index contributed by atoms with van der Waals surface area (Å²) in [5.41, 5.74) is 1.61. The predicted octanol–water partition coefficient (Wildman–Crippen LogP) is 4.81. The maximum atomic E-state index is 11.7. The standard InChI is InChI=1S/C19H22N2O3S.2C2H6/c1-13-5-7-15(8-6-13)18-20-19(3,22)14(2)21(18)16-9-11-17(12-10-16)25(4,23)24;2*1-2/h5-12,14,22H,1-4H3;2*1-2H3. The number of aryl methyl sites for hydroxylation is 1. The highest BCUT2D eigenvalue weighted by molar-refractivity contribution is 7.90. The molecule has 0 spiro atoms. The maximum Gasteiger partial charge on any atom is 0.176 e. The minimum atomic E-state index is -3.25. The van der Waals surface area contributed by atoms with E-state index in [2.05, 4.69) is 4.99 Å². The van der Waals surface area contributed by atoms with Crippen LogP contribution in [0.4, 0.5) is 5.69 Å². The van der Waals surface area contributed by atoms with Gasteiger partial charge in [-0.1, -0.05) is 57.5 Å². The summed E-state index contributed by atoms with van der Waals surface area (Å²) in [4.78, 5) is 6.72. The van der Waals surface area contributed by atoms with Crippen LogP contribution in [0.3, 0.4) is 0 Å². The number of rotatable bonds is 3. The molecule has 2 aromatic rings. The molecule has 29 heavy (non-hydrogen) atoms. The zero-order valence-corrected chi connectivity index (χ0v) is 19.6. The van der Waals surface area contributed by atoms with E-state index in [1.807, 2.05) is 70.7 Å². The molecule has 0 aliphatic carbocycles. The number of hydrogen-bond acceptors (Lipinski definition) is 5. The Kier molecular flexibility index (Phi) is 8.60. The molecule has 0 aromatic heterocycles. The third kappa shape index (κ3) is 5.67. The molecule has 1 heterocycles. The fourth-order valence-electron chi connectivity index (χ4n) is 2.90. The van der Waals surface area contributed by atoms with Gasteiger partial charge in [0.2, 0.25) is 0 Å². The van der Waals surface area contributed by atoms with E-state index in [9.17, 15) is 13.5 Å². The lowest BCUT2D eigenvalue weighted by atomic mass is 10.1. The highest BCUT2D eigenvalue weighted by atomic mass is 32.2. The van der Waals surface area contributed by atoms with E-state index in [4.69, 9.17) is 0 Å². The first-order valence-electron chi connectivity index (χ1n) is 10.1. The van der Waals surface area contributed by atoms with Crippen molar-refractivity contribution >= 4 is 21.4 Å². The summed E-state index contributed by atoms with van der Waals surface area (Å²) in [5, 5.41) is 10.6. The second kappa shape index (κ2) is 10.0. The third-order valence-corrected chi connectivity index (χ3v) is 5.72. The van der Waals surface area contributed by atoms with Crippen molar-refractivity contribution in [1.29, 1.82) is 0 Å². The molecule has 0 fully saturated rings. The van der Waals surface area contributed by atoms with E-state index in [1.165, 1.54) is 6.26 Å². The molecule has 160 valence electrons. The van der Waals surface area contributed by atoms with Crippen molar-refractivity contribution in [3.8, 4) is 0 Å². The summed E-state index contributed by atoms with van der Waals surface area (Å²) in [5.74, 6) is 0.671. The van der Waals surface area contributed by atoms with Gasteiger partial charge in [-0.2, -0.15) is 0 Å². The summed E-state index contributed by atoms with van der Waals surface area (Å²) < 4.78 is 23.3. The minimum absolute atomic E-state index is 0.267. The number of nitrogens with zero attached hydrogens (tertiary/aromatic N) is 2. The van der Waals surface area contributed by atoms with Crippen LogP contribution >= 0.6 is 0 Å². The van der Waals surface area contributed by atoms with Crippen molar-refractivity contribution in [2.45, 2.75) is 65.1 Å². The molecular weight excluding hydrogens is 384 g/mol. The lowest BCUT2D eigenvalue weighted by Crippen LogP contribution is -2.43.